The number of hydrogen-bond acceptors (Lipinski definition) is 7. The van der Waals surface area contributed by atoms with Gasteiger partial charge in [0, 0.05) is 5.75 Å². The molecule has 0 radical (unpaired) electrons. The molecule has 8 heteroatoms. The zero-order chi connectivity index (χ0) is 17.1. The third kappa shape index (κ3) is 6.70. The minimum atomic E-state index is -0.788. The highest BCUT2D eigenvalue weighted by Gasteiger charge is 2.45. The fourth-order valence-corrected chi connectivity index (χ4v) is 5.41. The van der Waals surface area contributed by atoms with Gasteiger partial charge in [-0.05, 0) is 53.5 Å². The van der Waals surface area contributed by atoms with E-state index in [4.69, 9.17) is 9.47 Å². The number of piperidine rings is 1. The van der Waals surface area contributed by atoms with Crippen molar-refractivity contribution in [2.75, 3.05) is 12.3 Å². The predicted octanol–water partition coefficient (Wildman–Crippen LogP) is 2.47. The zero-order valence-corrected chi connectivity index (χ0v) is 15.9. The van der Waals surface area contributed by atoms with E-state index in [0.29, 0.717) is 5.75 Å². The second kappa shape index (κ2) is 7.82. The Hall–Kier alpha value is -0.150. The summed E-state index contributed by atoms with van der Waals surface area (Å²) in [5, 5.41) is 15.9. The SMILES string of the molecule is CC(C)(C)OC(=O)NC(CSSC1(C)CCCCN1)C1OC1O. The molecule has 0 bridgehead atoms. The number of rotatable bonds is 6. The van der Waals surface area contributed by atoms with Crippen molar-refractivity contribution < 1.29 is 19.4 Å². The Balaban J connectivity index is 1.78. The van der Waals surface area contributed by atoms with E-state index in [-0.39, 0.29) is 17.0 Å². The first-order valence-corrected chi connectivity index (χ1v) is 10.4. The maximum atomic E-state index is 11.9. The molecule has 2 aliphatic heterocycles. The standard InChI is InChI=1S/C15H28N2O4S2/c1-14(2,3)21-13(19)17-10(11-12(18)20-11)9-22-23-15(4)7-5-6-8-16-15/h10-12,16,18H,5-9H2,1-4H3,(H,17,19). The molecule has 2 aliphatic rings. The Morgan fingerprint density at radius 1 is 1.52 bits per heavy atom. The topological polar surface area (TPSA) is 83.1 Å². The summed E-state index contributed by atoms with van der Waals surface area (Å²) < 4.78 is 10.4. The van der Waals surface area contributed by atoms with Crippen LogP contribution in [-0.4, -0.2) is 52.4 Å². The monoisotopic (exact) mass is 364 g/mol. The summed E-state index contributed by atoms with van der Waals surface area (Å²) in [6, 6.07) is -0.260. The summed E-state index contributed by atoms with van der Waals surface area (Å²) in [6.45, 7) is 8.73. The van der Waals surface area contributed by atoms with Crippen molar-refractivity contribution in [3.8, 4) is 0 Å². The first-order valence-electron chi connectivity index (χ1n) is 8.07. The first kappa shape index (κ1) is 19.2. The quantitative estimate of drug-likeness (QED) is 0.493. The van der Waals surface area contributed by atoms with Crippen LogP contribution in [0, 0.1) is 0 Å². The number of hydrogen-bond donors (Lipinski definition) is 3. The second-order valence-electron chi connectivity index (χ2n) is 7.23. The van der Waals surface area contributed by atoms with Gasteiger partial charge in [0.1, 0.15) is 11.7 Å². The van der Waals surface area contributed by atoms with Gasteiger partial charge in [0.15, 0.2) is 6.29 Å². The molecule has 23 heavy (non-hydrogen) atoms. The first-order chi connectivity index (χ1) is 10.7. The number of ether oxygens (including phenoxy) is 2. The number of amides is 1. The maximum Gasteiger partial charge on any atom is 0.407 e. The molecule has 2 saturated heterocycles. The summed E-state index contributed by atoms with van der Waals surface area (Å²) in [6.07, 6.45) is 1.99. The molecule has 2 fully saturated rings. The molecule has 0 aromatic heterocycles. The van der Waals surface area contributed by atoms with Crippen molar-refractivity contribution in [2.24, 2.45) is 0 Å². The van der Waals surface area contributed by atoms with Crippen molar-refractivity contribution in [2.45, 2.75) is 75.9 Å². The van der Waals surface area contributed by atoms with E-state index in [1.54, 1.807) is 21.6 Å². The third-order valence-corrected chi connectivity index (χ3v) is 6.86. The minimum absolute atomic E-state index is 0.0718. The third-order valence-electron chi connectivity index (χ3n) is 3.67. The van der Waals surface area contributed by atoms with E-state index in [1.165, 1.54) is 12.8 Å². The zero-order valence-electron chi connectivity index (χ0n) is 14.3. The maximum absolute atomic E-state index is 11.9. The van der Waals surface area contributed by atoms with Crippen LogP contribution in [0.2, 0.25) is 0 Å². The summed E-state index contributed by atoms with van der Waals surface area (Å²) in [5.41, 5.74) is -0.543. The van der Waals surface area contributed by atoms with Crippen molar-refractivity contribution in [1.29, 1.82) is 0 Å². The largest absolute Gasteiger partial charge is 0.444 e. The van der Waals surface area contributed by atoms with Gasteiger partial charge in [0.2, 0.25) is 0 Å². The molecule has 3 N–H and O–H groups in total. The number of aliphatic hydroxyl groups excluding tert-OH is 1. The van der Waals surface area contributed by atoms with Crippen molar-refractivity contribution in [1.82, 2.24) is 10.6 Å². The summed E-state index contributed by atoms with van der Waals surface area (Å²) in [5.74, 6) is 0.656. The molecule has 0 aromatic rings. The van der Waals surface area contributed by atoms with Gasteiger partial charge in [-0.1, -0.05) is 21.6 Å². The van der Waals surface area contributed by atoms with E-state index in [1.807, 2.05) is 20.8 Å². The van der Waals surface area contributed by atoms with Crippen molar-refractivity contribution in [3.05, 3.63) is 0 Å². The Morgan fingerprint density at radius 3 is 2.74 bits per heavy atom. The molecule has 0 aromatic carbocycles. The van der Waals surface area contributed by atoms with Gasteiger partial charge in [-0.2, -0.15) is 0 Å². The molecule has 0 saturated carbocycles. The van der Waals surface area contributed by atoms with Crippen molar-refractivity contribution in [3.63, 3.8) is 0 Å². The van der Waals surface area contributed by atoms with Gasteiger partial charge in [0.05, 0.1) is 10.9 Å². The van der Waals surface area contributed by atoms with Crippen LogP contribution in [0.3, 0.4) is 0 Å². The van der Waals surface area contributed by atoms with Crippen LogP contribution in [0.25, 0.3) is 0 Å². The van der Waals surface area contributed by atoms with E-state index in [0.717, 1.165) is 13.0 Å². The lowest BCUT2D eigenvalue weighted by molar-refractivity contribution is 0.0501. The molecule has 2 heterocycles. The van der Waals surface area contributed by atoms with E-state index in [2.05, 4.69) is 17.6 Å². The van der Waals surface area contributed by atoms with Crippen molar-refractivity contribution >= 4 is 27.7 Å². The lowest BCUT2D eigenvalue weighted by atomic mass is 10.1. The number of carbonyl (C=O) groups excluding carboxylic acids is 1. The lowest BCUT2D eigenvalue weighted by Gasteiger charge is -2.34. The Labute approximate surface area is 146 Å². The van der Waals surface area contributed by atoms with E-state index >= 15 is 0 Å². The number of alkyl carbamates (subject to hydrolysis) is 1. The fraction of sp³-hybridized carbons (Fsp3) is 0.933. The Kier molecular flexibility index (Phi) is 6.52. The van der Waals surface area contributed by atoms with E-state index < -0.39 is 18.0 Å². The van der Waals surface area contributed by atoms with Gasteiger partial charge >= 0.3 is 6.09 Å². The van der Waals surface area contributed by atoms with Crippen LogP contribution in [0.5, 0.6) is 0 Å². The Morgan fingerprint density at radius 2 is 2.22 bits per heavy atom. The smallest absolute Gasteiger partial charge is 0.407 e. The molecule has 1 amide bonds. The highest BCUT2D eigenvalue weighted by atomic mass is 33.1. The van der Waals surface area contributed by atoms with Gasteiger partial charge in [-0.25, -0.2) is 4.79 Å². The molecular formula is C15H28N2O4S2. The molecule has 0 aliphatic carbocycles. The van der Waals surface area contributed by atoms with Gasteiger partial charge < -0.3 is 25.2 Å². The predicted molar refractivity (Wildman–Crippen MR) is 94.3 cm³/mol. The highest BCUT2D eigenvalue weighted by Crippen LogP contribution is 2.40. The molecule has 4 unspecified atom stereocenters. The van der Waals surface area contributed by atoms with Crippen LogP contribution in [0.15, 0.2) is 0 Å². The molecule has 4 atom stereocenters. The molecule has 0 spiro atoms. The lowest BCUT2D eigenvalue weighted by Crippen LogP contribution is -2.44. The van der Waals surface area contributed by atoms with E-state index in [9.17, 15) is 9.90 Å². The van der Waals surface area contributed by atoms with Crippen LogP contribution in [0.4, 0.5) is 4.79 Å². The second-order valence-corrected chi connectivity index (χ2v) is 10.1. The van der Waals surface area contributed by atoms with Gasteiger partial charge in [-0.15, -0.1) is 0 Å². The number of epoxide rings is 1. The minimum Gasteiger partial charge on any atom is -0.444 e. The van der Waals surface area contributed by atoms with Gasteiger partial charge in [-0.3, -0.25) is 0 Å². The highest BCUT2D eigenvalue weighted by molar-refractivity contribution is 8.77. The summed E-state index contributed by atoms with van der Waals surface area (Å²) in [4.78, 5) is 12.0. The Bertz CT molecular complexity index is 411. The fourth-order valence-electron chi connectivity index (χ4n) is 2.42. The average molecular weight is 365 g/mol. The van der Waals surface area contributed by atoms with Gasteiger partial charge in [0.25, 0.3) is 0 Å². The average Bonchev–Trinajstić information content (AvgIpc) is 3.13. The number of carbonyl (C=O) groups is 1. The van der Waals surface area contributed by atoms with Crippen LogP contribution in [-0.2, 0) is 9.47 Å². The molecule has 6 nitrogen and oxygen atoms in total. The molecule has 2 rings (SSSR count). The number of aliphatic hydroxyl groups is 1. The summed E-state index contributed by atoms with van der Waals surface area (Å²) in [7, 11) is 3.48. The van der Waals surface area contributed by atoms with Crippen LogP contribution in [0.1, 0.15) is 47.0 Å². The van der Waals surface area contributed by atoms with Crippen LogP contribution < -0.4 is 10.6 Å². The van der Waals surface area contributed by atoms with Crippen LogP contribution >= 0.6 is 21.6 Å². The molecular weight excluding hydrogens is 336 g/mol. The molecule has 134 valence electrons. The summed E-state index contributed by atoms with van der Waals surface area (Å²) >= 11 is 0. The number of nitrogens with one attached hydrogen (secondary N) is 2. The normalized spacial score (nSPS) is 32.2.